The van der Waals surface area contributed by atoms with E-state index in [1.165, 1.54) is 12.1 Å². The van der Waals surface area contributed by atoms with Crippen molar-refractivity contribution < 1.29 is 9.90 Å². The van der Waals surface area contributed by atoms with Gasteiger partial charge in [-0.3, -0.25) is 10.1 Å². The smallest absolute Gasteiger partial charge is 0.257 e. The third-order valence-electron chi connectivity index (χ3n) is 2.90. The third kappa shape index (κ3) is 3.64. The van der Waals surface area contributed by atoms with Gasteiger partial charge in [-0.15, -0.1) is 4.91 Å². The Morgan fingerprint density at radius 3 is 2.55 bits per heavy atom. The molecule has 0 aliphatic carbocycles. The molecular formula is C15H13N3O3S. The molecule has 0 radical (unpaired) electrons. The van der Waals surface area contributed by atoms with Crippen LogP contribution in [0.25, 0.3) is 0 Å². The third-order valence-corrected chi connectivity index (χ3v) is 3.11. The van der Waals surface area contributed by atoms with Gasteiger partial charge < -0.3 is 10.4 Å². The summed E-state index contributed by atoms with van der Waals surface area (Å²) in [6, 6.07) is 11.4. The Morgan fingerprint density at radius 1 is 1.23 bits per heavy atom. The van der Waals surface area contributed by atoms with E-state index in [0.29, 0.717) is 11.1 Å². The lowest BCUT2D eigenvalue weighted by Gasteiger charge is -2.12. The molecule has 0 spiro atoms. The van der Waals surface area contributed by atoms with Crippen molar-refractivity contribution in [3.63, 3.8) is 0 Å². The van der Waals surface area contributed by atoms with Gasteiger partial charge >= 0.3 is 0 Å². The molecular weight excluding hydrogens is 302 g/mol. The Morgan fingerprint density at radius 2 is 1.91 bits per heavy atom. The predicted octanol–water partition coefficient (Wildman–Crippen LogP) is 3.23. The second-order valence-corrected chi connectivity index (χ2v) is 4.93. The lowest BCUT2D eigenvalue weighted by molar-refractivity contribution is 0.0977. The van der Waals surface area contributed by atoms with Gasteiger partial charge in [0.25, 0.3) is 5.91 Å². The number of aromatic hydroxyl groups is 1. The number of nitrogens with one attached hydrogen (secondary N) is 2. The number of nitrogens with zero attached hydrogens (tertiary/aromatic N) is 1. The molecule has 0 aliphatic heterocycles. The number of anilines is 1. The van der Waals surface area contributed by atoms with Gasteiger partial charge in [0.05, 0.1) is 5.69 Å². The molecule has 0 saturated heterocycles. The summed E-state index contributed by atoms with van der Waals surface area (Å²) in [6.45, 7) is 1.63. The average molecular weight is 315 g/mol. The lowest BCUT2D eigenvalue weighted by atomic mass is 10.1. The van der Waals surface area contributed by atoms with E-state index in [0.717, 1.165) is 0 Å². The quantitative estimate of drug-likeness (QED) is 0.459. The van der Waals surface area contributed by atoms with Crippen LogP contribution < -0.4 is 10.6 Å². The summed E-state index contributed by atoms with van der Waals surface area (Å²) in [5.74, 6) is -0.442. The molecule has 0 aromatic heterocycles. The minimum absolute atomic E-state index is 0.00611. The molecule has 22 heavy (non-hydrogen) atoms. The number of amides is 1. The highest BCUT2D eigenvalue weighted by molar-refractivity contribution is 7.80. The van der Waals surface area contributed by atoms with Crippen LogP contribution in [0.1, 0.15) is 15.9 Å². The van der Waals surface area contributed by atoms with E-state index in [-0.39, 0.29) is 28.1 Å². The Bertz CT molecular complexity index is 732. The van der Waals surface area contributed by atoms with Crippen molar-refractivity contribution in [2.45, 2.75) is 6.92 Å². The van der Waals surface area contributed by atoms with Crippen molar-refractivity contribution in [1.29, 1.82) is 0 Å². The van der Waals surface area contributed by atoms with E-state index in [1.54, 1.807) is 37.3 Å². The number of aryl methyl sites for hydroxylation is 1. The molecule has 2 aromatic rings. The maximum absolute atomic E-state index is 12.0. The fourth-order valence-corrected chi connectivity index (χ4v) is 2.03. The van der Waals surface area contributed by atoms with Crippen LogP contribution >= 0.6 is 12.2 Å². The maximum Gasteiger partial charge on any atom is 0.257 e. The predicted molar refractivity (Wildman–Crippen MR) is 88.4 cm³/mol. The minimum Gasteiger partial charge on any atom is -0.505 e. The monoisotopic (exact) mass is 315 g/mol. The van der Waals surface area contributed by atoms with Crippen LogP contribution in [-0.2, 0) is 0 Å². The second kappa shape index (κ2) is 6.77. The molecule has 0 atom stereocenters. The number of phenols is 1. The second-order valence-electron chi connectivity index (χ2n) is 4.52. The Balaban J connectivity index is 2.11. The summed E-state index contributed by atoms with van der Waals surface area (Å²) < 4.78 is 0. The van der Waals surface area contributed by atoms with Crippen LogP contribution in [0.5, 0.6) is 5.75 Å². The SMILES string of the molecule is Cc1cc(N=O)cc(NC(=S)NC(=O)c2ccccc2)c1O. The van der Waals surface area contributed by atoms with Crippen molar-refractivity contribution >= 4 is 34.6 Å². The molecule has 0 heterocycles. The minimum atomic E-state index is -0.376. The number of phenolic OH excluding ortho intramolecular Hbond substituents is 1. The van der Waals surface area contributed by atoms with E-state index in [9.17, 15) is 14.8 Å². The number of hydrogen-bond acceptors (Lipinski definition) is 5. The van der Waals surface area contributed by atoms with E-state index >= 15 is 0 Å². The molecule has 2 rings (SSSR count). The van der Waals surface area contributed by atoms with Gasteiger partial charge in [0.15, 0.2) is 5.11 Å². The molecule has 2 aromatic carbocycles. The van der Waals surface area contributed by atoms with Crippen molar-refractivity contribution in [3.05, 3.63) is 58.5 Å². The summed E-state index contributed by atoms with van der Waals surface area (Å²) in [5, 5.41) is 17.9. The van der Waals surface area contributed by atoms with E-state index < -0.39 is 0 Å². The normalized spacial score (nSPS) is 9.86. The van der Waals surface area contributed by atoms with E-state index in [1.807, 2.05) is 0 Å². The number of hydrogen-bond donors (Lipinski definition) is 3. The van der Waals surface area contributed by atoms with Crippen LogP contribution in [0.2, 0.25) is 0 Å². The van der Waals surface area contributed by atoms with Gasteiger partial charge in [-0.25, -0.2) is 0 Å². The zero-order valence-corrected chi connectivity index (χ0v) is 12.5. The van der Waals surface area contributed by atoms with Gasteiger partial charge in [0.1, 0.15) is 11.4 Å². The van der Waals surface area contributed by atoms with Crippen molar-refractivity contribution in [1.82, 2.24) is 5.32 Å². The van der Waals surface area contributed by atoms with Crippen molar-refractivity contribution in [3.8, 4) is 5.75 Å². The topological polar surface area (TPSA) is 90.8 Å². The molecule has 0 bridgehead atoms. The number of benzene rings is 2. The number of rotatable bonds is 3. The van der Waals surface area contributed by atoms with Crippen LogP contribution in [-0.4, -0.2) is 16.1 Å². The van der Waals surface area contributed by atoms with Crippen molar-refractivity contribution in [2.24, 2.45) is 5.18 Å². The van der Waals surface area contributed by atoms with Crippen LogP contribution in [0.4, 0.5) is 11.4 Å². The highest BCUT2D eigenvalue weighted by Gasteiger charge is 2.11. The summed E-state index contributed by atoms with van der Waals surface area (Å²) in [7, 11) is 0. The zero-order chi connectivity index (χ0) is 16.1. The molecule has 1 amide bonds. The summed E-state index contributed by atoms with van der Waals surface area (Å²) in [5.41, 5.74) is 1.27. The standard InChI is InChI=1S/C15H13N3O3S/c1-9-7-11(18-21)8-12(13(9)19)16-15(22)17-14(20)10-5-3-2-4-6-10/h2-8,19H,1H3,(H2,16,17,20,22). The van der Waals surface area contributed by atoms with Gasteiger partial charge in [-0.1, -0.05) is 18.2 Å². The van der Waals surface area contributed by atoms with Crippen LogP contribution in [0.15, 0.2) is 47.6 Å². The summed E-state index contributed by atoms with van der Waals surface area (Å²) in [4.78, 5) is 22.6. The molecule has 0 aliphatic rings. The maximum atomic E-state index is 12.0. The number of carbonyl (C=O) groups excluding carboxylic acids is 1. The first-order valence-electron chi connectivity index (χ1n) is 6.35. The van der Waals surface area contributed by atoms with Crippen molar-refractivity contribution in [2.75, 3.05) is 5.32 Å². The lowest BCUT2D eigenvalue weighted by Crippen LogP contribution is -2.34. The molecule has 0 unspecified atom stereocenters. The number of carbonyl (C=O) groups is 1. The molecule has 7 heteroatoms. The first kappa shape index (κ1) is 15.6. The van der Waals surface area contributed by atoms with E-state index in [4.69, 9.17) is 12.2 Å². The fourth-order valence-electron chi connectivity index (χ4n) is 1.83. The van der Waals surface area contributed by atoms with Gasteiger partial charge in [-0.2, -0.15) is 0 Å². The summed E-state index contributed by atoms with van der Waals surface area (Å²) in [6.07, 6.45) is 0. The largest absolute Gasteiger partial charge is 0.505 e. The zero-order valence-electron chi connectivity index (χ0n) is 11.7. The number of nitroso groups, excluding NO2 is 1. The van der Waals surface area contributed by atoms with Gasteiger partial charge in [0.2, 0.25) is 0 Å². The molecule has 112 valence electrons. The molecule has 6 nitrogen and oxygen atoms in total. The molecule has 3 N–H and O–H groups in total. The van der Waals surface area contributed by atoms with Crippen LogP contribution in [0, 0.1) is 11.8 Å². The first-order valence-corrected chi connectivity index (χ1v) is 6.76. The molecule has 0 fully saturated rings. The van der Waals surface area contributed by atoms with Crippen LogP contribution in [0.3, 0.4) is 0 Å². The highest BCUT2D eigenvalue weighted by atomic mass is 32.1. The van der Waals surface area contributed by atoms with Gasteiger partial charge in [-0.05, 0) is 54.1 Å². The number of thiocarbonyl (C=S) groups is 1. The van der Waals surface area contributed by atoms with E-state index in [2.05, 4.69) is 15.8 Å². The Labute approximate surface area is 132 Å². The van der Waals surface area contributed by atoms with Gasteiger partial charge in [0, 0.05) is 5.56 Å². The first-order chi connectivity index (χ1) is 10.5. The fraction of sp³-hybridized carbons (Fsp3) is 0.0667. The Hall–Kier alpha value is -2.80. The Kier molecular flexibility index (Phi) is 4.80. The highest BCUT2D eigenvalue weighted by Crippen LogP contribution is 2.32. The average Bonchev–Trinajstić information content (AvgIpc) is 2.52. The molecule has 0 saturated carbocycles. The summed E-state index contributed by atoms with van der Waals surface area (Å²) >= 11 is 5.03.